The maximum absolute atomic E-state index is 4.62. The van der Waals surface area contributed by atoms with E-state index in [4.69, 9.17) is 0 Å². The summed E-state index contributed by atoms with van der Waals surface area (Å²) in [7, 11) is 0. The molecule has 6 nitrogen and oxygen atoms in total. The van der Waals surface area contributed by atoms with Gasteiger partial charge in [-0.3, -0.25) is 4.98 Å². The van der Waals surface area contributed by atoms with Crippen molar-refractivity contribution in [2.24, 2.45) is 0 Å². The Morgan fingerprint density at radius 3 is 2.68 bits per heavy atom. The summed E-state index contributed by atoms with van der Waals surface area (Å²) in [5.41, 5.74) is 7.03. The van der Waals surface area contributed by atoms with Gasteiger partial charge >= 0.3 is 0 Å². The van der Waals surface area contributed by atoms with Gasteiger partial charge in [-0.1, -0.05) is 48.5 Å². The lowest BCUT2D eigenvalue weighted by atomic mass is 10.0. The molecule has 150 valence electrons. The minimum Gasteiger partial charge on any atom is -0.346 e. The van der Waals surface area contributed by atoms with E-state index in [9.17, 15) is 0 Å². The number of rotatable bonds is 4. The van der Waals surface area contributed by atoms with Crippen molar-refractivity contribution in [3.05, 3.63) is 84.8 Å². The van der Waals surface area contributed by atoms with Crippen molar-refractivity contribution >= 4 is 33.0 Å². The van der Waals surface area contributed by atoms with Gasteiger partial charge in [-0.05, 0) is 41.8 Å². The highest BCUT2D eigenvalue weighted by molar-refractivity contribution is 6.03. The Bertz CT molecular complexity index is 1530. The molecule has 0 fully saturated rings. The summed E-state index contributed by atoms with van der Waals surface area (Å²) < 4.78 is 2.05. The molecule has 0 amide bonds. The summed E-state index contributed by atoms with van der Waals surface area (Å²) in [4.78, 5) is 12.3. The maximum atomic E-state index is 4.62. The van der Waals surface area contributed by atoms with Gasteiger partial charge in [-0.2, -0.15) is 0 Å². The van der Waals surface area contributed by atoms with E-state index < -0.39 is 0 Å². The zero-order valence-electron chi connectivity index (χ0n) is 17.0. The van der Waals surface area contributed by atoms with Gasteiger partial charge in [0.15, 0.2) is 0 Å². The molecule has 0 aliphatic carbocycles. The second kappa shape index (κ2) is 7.02. The average Bonchev–Trinajstić information content (AvgIpc) is 3.47. The minimum atomic E-state index is 0.110. The second-order valence-electron chi connectivity index (χ2n) is 7.73. The molecule has 6 heteroatoms. The zero-order chi connectivity index (χ0) is 20.8. The molecular weight excluding hydrogens is 384 g/mol. The molecule has 0 saturated heterocycles. The van der Waals surface area contributed by atoms with Crippen LogP contribution >= 0.6 is 0 Å². The second-order valence-corrected chi connectivity index (χ2v) is 7.73. The number of hydrogen-bond acceptors (Lipinski definition) is 4. The molecule has 0 bridgehead atoms. The number of H-pyrrole nitrogens is 1. The van der Waals surface area contributed by atoms with Gasteiger partial charge < -0.3 is 4.98 Å². The van der Waals surface area contributed by atoms with Gasteiger partial charge in [0.1, 0.15) is 16.7 Å². The number of aromatic amines is 1. The Morgan fingerprint density at radius 2 is 1.81 bits per heavy atom. The fourth-order valence-electron chi connectivity index (χ4n) is 4.34. The monoisotopic (exact) mass is 404 g/mol. The Morgan fingerprint density at radius 1 is 0.903 bits per heavy atom. The molecule has 6 rings (SSSR count). The van der Waals surface area contributed by atoms with Crippen LogP contribution in [0.1, 0.15) is 24.9 Å². The fourth-order valence-corrected chi connectivity index (χ4v) is 4.34. The van der Waals surface area contributed by atoms with E-state index in [1.807, 2.05) is 35.4 Å². The molecule has 0 aliphatic rings. The van der Waals surface area contributed by atoms with Crippen molar-refractivity contribution in [2.45, 2.75) is 19.4 Å². The van der Waals surface area contributed by atoms with E-state index >= 15 is 0 Å². The average molecular weight is 404 g/mol. The first kappa shape index (κ1) is 17.8. The SMILES string of the molecule is CC[C@H](c1ccccc1)n1nnc2cnc3ccc(-c4cnc5[nH]ccc5c4)cc3c21. The van der Waals surface area contributed by atoms with E-state index in [1.165, 1.54) is 5.56 Å². The Hall–Kier alpha value is -4.06. The molecule has 1 N–H and O–H groups in total. The van der Waals surface area contributed by atoms with Crippen LogP contribution in [0.3, 0.4) is 0 Å². The summed E-state index contributed by atoms with van der Waals surface area (Å²) in [6.45, 7) is 2.18. The van der Waals surface area contributed by atoms with Crippen LogP contribution in [0.2, 0.25) is 0 Å². The third-order valence-electron chi connectivity index (χ3n) is 5.90. The molecule has 0 saturated carbocycles. The quantitative estimate of drug-likeness (QED) is 0.420. The van der Waals surface area contributed by atoms with Gasteiger partial charge in [-0.25, -0.2) is 9.67 Å². The molecule has 0 spiro atoms. The number of fused-ring (bicyclic) bond motifs is 4. The van der Waals surface area contributed by atoms with Crippen molar-refractivity contribution in [2.75, 3.05) is 0 Å². The van der Waals surface area contributed by atoms with Gasteiger partial charge in [0.2, 0.25) is 0 Å². The molecule has 0 radical (unpaired) electrons. The Kier molecular flexibility index (Phi) is 4.02. The molecular formula is C25H20N6. The van der Waals surface area contributed by atoms with E-state index in [0.717, 1.165) is 50.5 Å². The third-order valence-corrected chi connectivity index (χ3v) is 5.90. The minimum absolute atomic E-state index is 0.110. The summed E-state index contributed by atoms with van der Waals surface area (Å²) >= 11 is 0. The summed E-state index contributed by atoms with van der Waals surface area (Å²) in [5, 5.41) is 11.1. The van der Waals surface area contributed by atoms with Crippen LogP contribution in [0.5, 0.6) is 0 Å². The number of benzene rings is 2. The molecule has 0 aliphatic heterocycles. The van der Waals surface area contributed by atoms with Crippen LogP contribution in [0.4, 0.5) is 0 Å². The Labute approximate surface area is 178 Å². The number of hydrogen-bond donors (Lipinski definition) is 1. The molecule has 4 heterocycles. The lowest BCUT2D eigenvalue weighted by Gasteiger charge is -2.17. The van der Waals surface area contributed by atoms with E-state index in [0.29, 0.717) is 0 Å². The predicted molar refractivity (Wildman–Crippen MR) is 123 cm³/mol. The van der Waals surface area contributed by atoms with Crippen molar-refractivity contribution < 1.29 is 0 Å². The molecule has 0 unspecified atom stereocenters. The van der Waals surface area contributed by atoms with Crippen LogP contribution in [0, 0.1) is 0 Å². The molecule has 1 atom stereocenters. The van der Waals surface area contributed by atoms with Crippen LogP contribution in [-0.2, 0) is 0 Å². The molecule has 4 aromatic heterocycles. The topological polar surface area (TPSA) is 72.3 Å². The van der Waals surface area contributed by atoms with Gasteiger partial charge in [-0.15, -0.1) is 5.10 Å². The van der Waals surface area contributed by atoms with Crippen molar-refractivity contribution in [3.8, 4) is 11.1 Å². The number of nitrogens with zero attached hydrogens (tertiary/aromatic N) is 5. The van der Waals surface area contributed by atoms with E-state index in [1.54, 1.807) is 0 Å². The summed E-state index contributed by atoms with van der Waals surface area (Å²) in [6.07, 6.45) is 6.54. The normalized spacial score (nSPS) is 12.7. The number of nitrogens with one attached hydrogen (secondary N) is 1. The highest BCUT2D eigenvalue weighted by Gasteiger charge is 2.19. The van der Waals surface area contributed by atoms with Crippen molar-refractivity contribution in [1.82, 2.24) is 29.9 Å². The molecule has 31 heavy (non-hydrogen) atoms. The smallest absolute Gasteiger partial charge is 0.137 e. The van der Waals surface area contributed by atoms with Crippen molar-refractivity contribution in [1.29, 1.82) is 0 Å². The summed E-state index contributed by atoms with van der Waals surface area (Å²) in [6, 6.07) is 21.1. The highest BCUT2D eigenvalue weighted by Crippen LogP contribution is 2.32. The third kappa shape index (κ3) is 2.87. The van der Waals surface area contributed by atoms with Crippen molar-refractivity contribution in [3.63, 3.8) is 0 Å². The lowest BCUT2D eigenvalue weighted by molar-refractivity contribution is 0.509. The van der Waals surface area contributed by atoms with Crippen LogP contribution in [-0.4, -0.2) is 29.9 Å². The van der Waals surface area contributed by atoms with E-state index in [-0.39, 0.29) is 6.04 Å². The number of pyridine rings is 2. The molecule has 6 aromatic rings. The van der Waals surface area contributed by atoms with Crippen LogP contribution < -0.4 is 0 Å². The van der Waals surface area contributed by atoms with Crippen LogP contribution in [0.25, 0.3) is 44.1 Å². The predicted octanol–water partition coefficient (Wildman–Crippen LogP) is 5.52. The number of aromatic nitrogens is 6. The van der Waals surface area contributed by atoms with E-state index in [2.05, 4.69) is 80.7 Å². The first-order chi connectivity index (χ1) is 15.3. The van der Waals surface area contributed by atoms with Gasteiger partial charge in [0.25, 0.3) is 0 Å². The maximum Gasteiger partial charge on any atom is 0.137 e. The lowest BCUT2D eigenvalue weighted by Crippen LogP contribution is -2.11. The zero-order valence-corrected chi connectivity index (χ0v) is 17.0. The highest BCUT2D eigenvalue weighted by atomic mass is 15.4. The first-order valence-electron chi connectivity index (χ1n) is 10.4. The molecule has 2 aromatic carbocycles. The van der Waals surface area contributed by atoms with Gasteiger partial charge in [0.05, 0.1) is 17.8 Å². The van der Waals surface area contributed by atoms with Crippen LogP contribution in [0.15, 0.2) is 79.3 Å². The standard InChI is InChI=1S/C25H20N6/c1-2-23(16-6-4-3-5-7-16)31-24-20-13-17(8-9-21(20)27-15-22(24)29-30-31)19-12-18-10-11-26-25(18)28-14-19/h3-15,23H,2H2,1H3,(H,26,28)/t23-/m1/s1. The first-order valence-corrected chi connectivity index (χ1v) is 10.4. The largest absolute Gasteiger partial charge is 0.346 e. The fraction of sp³-hybridized carbons (Fsp3) is 0.120. The summed E-state index contributed by atoms with van der Waals surface area (Å²) in [5.74, 6) is 0. The Balaban J connectivity index is 1.57. The van der Waals surface area contributed by atoms with Gasteiger partial charge in [0, 0.05) is 28.7 Å².